The Morgan fingerprint density at radius 3 is 1.25 bits per heavy atom. The van der Waals surface area contributed by atoms with Gasteiger partial charge in [-0.05, 0) is 179 Å². The van der Waals surface area contributed by atoms with Gasteiger partial charge in [-0.3, -0.25) is 9.97 Å². The Labute approximate surface area is 580 Å². The lowest BCUT2D eigenvalue weighted by Gasteiger charge is -2.30. The van der Waals surface area contributed by atoms with E-state index >= 15 is 0 Å². The Kier molecular flexibility index (Phi) is 20.2. The van der Waals surface area contributed by atoms with Gasteiger partial charge in [-0.2, -0.15) is 0 Å². The molecule has 0 bridgehead atoms. The molecule has 0 saturated heterocycles. The Morgan fingerprint density at radius 2 is 0.811 bits per heavy atom. The molecule has 4 aromatic heterocycles. The average molecular weight is 1340 g/mol. The normalized spacial score (nSPS) is 11.3. The van der Waals surface area contributed by atoms with Gasteiger partial charge in [0.15, 0.2) is 0 Å². The van der Waals surface area contributed by atoms with E-state index in [1.807, 2.05) is 97.2 Å². The lowest BCUT2D eigenvalue weighted by Crippen LogP contribution is -2.19. The van der Waals surface area contributed by atoms with E-state index in [4.69, 9.17) is 50.5 Å². The van der Waals surface area contributed by atoms with Crippen LogP contribution in [0.5, 0.6) is 0 Å². The number of pyridine rings is 2. The SMILES string of the molecule is CC(C)(C)c1cc(Cl)c(Cl)c(N(Cc2ccccc2)c2ccc(-c3nc4ccccc4s3)cc2)c1.CC(C)(C)c1cc(Nc2ccc(-c3nc4ccccc4s3)cc2)c(Cl)c(N(Cc2ccccc2)c2ccc(-c3ccccn3)cc2)c1.Nc1ccc(-c2ccccn2)cc1. The number of para-hydroxylation sites is 2. The molecule has 10 aromatic carbocycles. The van der Waals surface area contributed by atoms with Crippen molar-refractivity contribution in [3.05, 3.63) is 317 Å². The summed E-state index contributed by atoms with van der Waals surface area (Å²) < 4.78 is 2.38. The summed E-state index contributed by atoms with van der Waals surface area (Å²) in [4.78, 5) is 23.0. The van der Waals surface area contributed by atoms with Gasteiger partial charge in [-0.15, -0.1) is 22.7 Å². The fourth-order valence-electron chi connectivity index (χ4n) is 10.9. The monoisotopic (exact) mass is 1340 g/mol. The molecule has 0 aliphatic heterocycles. The van der Waals surface area contributed by atoms with Crippen LogP contribution in [0.1, 0.15) is 63.8 Å². The Bertz CT molecular complexity index is 4780. The standard InChI is InChI=1S/C41H35ClN4S.C30H26Cl2N2S.C11H10N2/c1-41(2,3)31-25-36(44-32-20-16-30(17-21-32)40-45-35-14-7-8-15-38(35)47-40)39(42)37(26-31)46(27-28-11-5-4-6-12-28)33-22-18-29(19-23-33)34-13-9-10-24-43-34;1-30(2,3)22-17-24(31)28(32)26(18-22)34(19-20-9-5-4-6-10-20)23-15-13-21(14-16-23)29-33-25-11-7-8-12-27(25)35-29;12-10-6-4-9(5-7-10)11-3-1-2-8-13-11/h4-26,44H,27H2,1-3H3;4-18H,19H2,1-3H3;1-8H,12H2. The summed E-state index contributed by atoms with van der Waals surface area (Å²) >= 11 is 24.2. The maximum atomic E-state index is 7.37. The third-order valence-corrected chi connectivity index (χ3v) is 19.5. The largest absolute Gasteiger partial charge is 0.399 e. The first-order valence-corrected chi connectivity index (χ1v) is 34.2. The van der Waals surface area contributed by atoms with Crippen molar-refractivity contribution in [2.24, 2.45) is 0 Å². The van der Waals surface area contributed by atoms with Crippen LogP contribution in [0.3, 0.4) is 0 Å². The molecule has 0 spiro atoms. The zero-order valence-corrected chi connectivity index (χ0v) is 57.6. The van der Waals surface area contributed by atoms with E-state index in [1.165, 1.54) is 26.1 Å². The summed E-state index contributed by atoms with van der Waals surface area (Å²) in [5, 5.41) is 7.47. The van der Waals surface area contributed by atoms with Crippen LogP contribution < -0.4 is 20.9 Å². The van der Waals surface area contributed by atoms with Gasteiger partial charge >= 0.3 is 0 Å². The molecule has 95 heavy (non-hydrogen) atoms. The van der Waals surface area contributed by atoms with Gasteiger partial charge in [0.25, 0.3) is 0 Å². The molecule has 0 fully saturated rings. The Morgan fingerprint density at radius 1 is 0.411 bits per heavy atom. The molecule has 3 N–H and O–H groups in total. The smallest absolute Gasteiger partial charge is 0.124 e. The van der Waals surface area contributed by atoms with Crippen molar-refractivity contribution >= 4 is 118 Å². The highest BCUT2D eigenvalue weighted by Crippen LogP contribution is 2.45. The number of benzene rings is 10. The fraction of sp³-hybridized carbons (Fsp3) is 0.122. The van der Waals surface area contributed by atoms with E-state index in [0.717, 1.165) is 100 Å². The summed E-state index contributed by atoms with van der Waals surface area (Å²) in [7, 11) is 0. The van der Waals surface area contributed by atoms with Crippen molar-refractivity contribution < 1.29 is 0 Å². The predicted molar refractivity (Wildman–Crippen MR) is 407 cm³/mol. The Balaban J connectivity index is 0.000000157. The van der Waals surface area contributed by atoms with Gasteiger partial charge in [0.05, 0.1) is 64.0 Å². The predicted octanol–water partition coefficient (Wildman–Crippen LogP) is 24.3. The van der Waals surface area contributed by atoms with Crippen molar-refractivity contribution in [3.8, 4) is 43.7 Å². The quantitative estimate of drug-likeness (QED) is 0.104. The molecule has 0 aliphatic rings. The topological polar surface area (TPSA) is 96.1 Å². The number of rotatable bonds is 14. The van der Waals surface area contributed by atoms with Crippen molar-refractivity contribution in [1.29, 1.82) is 0 Å². The van der Waals surface area contributed by atoms with E-state index in [1.54, 1.807) is 28.9 Å². The third-order valence-electron chi connectivity index (χ3n) is 16.2. The Hall–Kier alpha value is -9.65. The second-order valence-corrected chi connectivity index (χ2v) is 28.3. The van der Waals surface area contributed by atoms with Gasteiger partial charge in [-0.1, -0.05) is 198 Å². The molecular weight excluding hydrogens is 1270 g/mol. The lowest BCUT2D eigenvalue weighted by atomic mass is 9.86. The van der Waals surface area contributed by atoms with Crippen LogP contribution in [0.2, 0.25) is 15.1 Å². The van der Waals surface area contributed by atoms with Crippen molar-refractivity contribution in [2.75, 3.05) is 20.9 Å². The summed E-state index contributed by atoms with van der Waals surface area (Å²) in [6, 6.07) is 91.1. The van der Waals surface area contributed by atoms with Crippen LogP contribution >= 0.6 is 57.5 Å². The maximum Gasteiger partial charge on any atom is 0.124 e. The minimum Gasteiger partial charge on any atom is -0.399 e. The molecule has 0 saturated carbocycles. The lowest BCUT2D eigenvalue weighted by molar-refractivity contribution is 0.590. The van der Waals surface area contributed by atoms with E-state index in [9.17, 15) is 0 Å². The van der Waals surface area contributed by atoms with Crippen LogP contribution in [0, 0.1) is 0 Å². The second-order valence-electron chi connectivity index (χ2n) is 25.1. The molecular formula is C82H71Cl3N8S2. The maximum absolute atomic E-state index is 7.37. The van der Waals surface area contributed by atoms with Crippen molar-refractivity contribution in [1.82, 2.24) is 19.9 Å². The fourth-order valence-corrected chi connectivity index (χ4v) is 13.5. The number of nitrogens with two attached hydrogens (primary N) is 1. The van der Waals surface area contributed by atoms with E-state index in [2.05, 4.69) is 243 Å². The van der Waals surface area contributed by atoms with Crippen LogP contribution in [0.15, 0.2) is 279 Å². The molecule has 0 aliphatic carbocycles. The molecule has 0 atom stereocenters. The summed E-state index contributed by atoms with van der Waals surface area (Å²) in [6.07, 6.45) is 3.61. The highest BCUT2D eigenvalue weighted by Gasteiger charge is 2.25. The first-order valence-electron chi connectivity index (χ1n) is 31.4. The molecule has 0 radical (unpaired) electrons. The summed E-state index contributed by atoms with van der Waals surface area (Å²) in [6.45, 7) is 14.6. The first kappa shape index (κ1) is 65.4. The van der Waals surface area contributed by atoms with Gasteiger partial charge in [-0.25, -0.2) is 9.97 Å². The number of thiazole rings is 2. The average Bonchev–Trinajstić information content (AvgIpc) is 1.08. The number of aromatic nitrogens is 4. The van der Waals surface area contributed by atoms with Gasteiger partial charge < -0.3 is 20.9 Å². The molecule has 0 amide bonds. The minimum absolute atomic E-state index is 0.0574. The van der Waals surface area contributed by atoms with Crippen LogP contribution in [0.4, 0.5) is 39.8 Å². The van der Waals surface area contributed by atoms with E-state index < -0.39 is 0 Å². The highest BCUT2D eigenvalue weighted by molar-refractivity contribution is 7.22. The molecule has 4 heterocycles. The zero-order chi connectivity index (χ0) is 66.1. The van der Waals surface area contributed by atoms with E-state index in [0.29, 0.717) is 28.2 Å². The third kappa shape index (κ3) is 16.1. The molecule has 14 rings (SSSR count). The summed E-state index contributed by atoms with van der Waals surface area (Å²) in [5.74, 6) is 0. The van der Waals surface area contributed by atoms with Crippen molar-refractivity contribution in [3.63, 3.8) is 0 Å². The number of fused-ring (bicyclic) bond motifs is 2. The number of anilines is 7. The van der Waals surface area contributed by atoms with Crippen LogP contribution in [-0.4, -0.2) is 19.9 Å². The molecule has 472 valence electrons. The molecule has 8 nitrogen and oxygen atoms in total. The number of nitrogen functional groups attached to an aromatic ring is 1. The number of hydrogen-bond donors (Lipinski definition) is 2. The first-order chi connectivity index (χ1) is 46.0. The number of nitrogens with zero attached hydrogens (tertiary/aromatic N) is 6. The van der Waals surface area contributed by atoms with Crippen molar-refractivity contribution in [2.45, 2.75) is 65.5 Å². The molecule has 14 aromatic rings. The van der Waals surface area contributed by atoms with Gasteiger partial charge in [0, 0.05) is 70.5 Å². The second kappa shape index (κ2) is 29.3. The highest BCUT2D eigenvalue weighted by atomic mass is 35.5. The molecule has 13 heteroatoms. The zero-order valence-electron chi connectivity index (χ0n) is 53.7. The van der Waals surface area contributed by atoms with Crippen LogP contribution in [0.25, 0.3) is 64.1 Å². The number of halogens is 3. The van der Waals surface area contributed by atoms with E-state index in [-0.39, 0.29) is 10.8 Å². The molecule has 0 unspecified atom stereocenters. The van der Waals surface area contributed by atoms with Gasteiger partial charge in [0.1, 0.15) is 10.0 Å². The minimum atomic E-state index is -0.103. The van der Waals surface area contributed by atoms with Gasteiger partial charge in [0.2, 0.25) is 0 Å². The summed E-state index contributed by atoms with van der Waals surface area (Å²) in [5.41, 5.74) is 25.0. The number of hydrogen-bond acceptors (Lipinski definition) is 10. The van der Waals surface area contributed by atoms with Crippen LogP contribution in [-0.2, 0) is 23.9 Å². The number of nitrogens with one attached hydrogen (secondary N) is 1.